The largest absolute Gasteiger partial charge is 1.00 e. The van der Waals surface area contributed by atoms with Gasteiger partial charge in [0.05, 0.1) is 11.3 Å². The second kappa shape index (κ2) is 4.57. The van der Waals surface area contributed by atoms with Crippen molar-refractivity contribution in [3.8, 4) is 0 Å². The summed E-state index contributed by atoms with van der Waals surface area (Å²) < 4.78 is 0. The van der Waals surface area contributed by atoms with Gasteiger partial charge in [-0.25, -0.2) is 0 Å². The van der Waals surface area contributed by atoms with E-state index < -0.39 is 11.3 Å². The van der Waals surface area contributed by atoms with Gasteiger partial charge in [-0.1, -0.05) is 0 Å². The molecule has 3 nitrogen and oxygen atoms in total. The number of carbonyl (C=O) groups is 1. The van der Waals surface area contributed by atoms with E-state index in [9.17, 15) is 9.90 Å². The van der Waals surface area contributed by atoms with Crippen molar-refractivity contribution >= 4 is 17.7 Å². The van der Waals surface area contributed by atoms with Gasteiger partial charge in [0, 0.05) is 12.3 Å². The van der Waals surface area contributed by atoms with E-state index in [0.717, 1.165) is 12.3 Å². The van der Waals surface area contributed by atoms with Crippen LogP contribution in [0, 0.1) is 0 Å². The Morgan fingerprint density at radius 2 is 2.44 bits per heavy atom. The van der Waals surface area contributed by atoms with E-state index in [1.165, 1.54) is 11.8 Å². The molecule has 0 aliphatic carbocycles. The zero-order valence-electron chi connectivity index (χ0n) is 5.22. The van der Waals surface area contributed by atoms with E-state index in [1.54, 1.807) is 0 Å². The second-order valence-corrected chi connectivity index (χ2v) is 2.74. The summed E-state index contributed by atoms with van der Waals surface area (Å²) in [5, 5.41) is 12.3. The van der Waals surface area contributed by atoms with Crippen LogP contribution in [-0.4, -0.2) is 23.6 Å². The molecular weight excluding hydrogens is 149 g/mol. The number of carboxylic acids is 1. The standard InChI is InChI=1S/C4H7NO2S.Na/c6-4(7)3-5-1-2-8-3;/h3,5H,1-2H2,(H,6,7);/q;+1/p-1. The number of carbonyl (C=O) groups excluding carboxylic acids is 1. The third kappa shape index (κ3) is 2.91. The van der Waals surface area contributed by atoms with E-state index in [4.69, 9.17) is 0 Å². The predicted molar refractivity (Wildman–Crippen MR) is 29.3 cm³/mol. The number of thioether (sulfide) groups is 1. The van der Waals surface area contributed by atoms with E-state index in [1.807, 2.05) is 0 Å². The molecule has 46 valence electrons. The average molecular weight is 155 g/mol. The molecule has 0 aromatic heterocycles. The van der Waals surface area contributed by atoms with Gasteiger partial charge >= 0.3 is 29.6 Å². The molecule has 1 fully saturated rings. The Bertz CT molecular complexity index is 105. The number of rotatable bonds is 1. The second-order valence-electron chi connectivity index (χ2n) is 1.52. The van der Waals surface area contributed by atoms with E-state index in [0.29, 0.717) is 0 Å². The Morgan fingerprint density at radius 3 is 2.67 bits per heavy atom. The molecule has 0 spiro atoms. The third-order valence-electron chi connectivity index (χ3n) is 0.930. The molecule has 0 bridgehead atoms. The van der Waals surface area contributed by atoms with Crippen molar-refractivity contribution < 1.29 is 39.5 Å². The van der Waals surface area contributed by atoms with Crippen LogP contribution in [0.15, 0.2) is 0 Å². The van der Waals surface area contributed by atoms with E-state index in [-0.39, 0.29) is 29.6 Å². The number of hydrogen-bond donors (Lipinski definition) is 1. The SMILES string of the molecule is O=C([O-])C1NCCS1.[Na+]. The summed E-state index contributed by atoms with van der Waals surface area (Å²) in [6.45, 7) is 0.781. The Morgan fingerprint density at radius 1 is 1.78 bits per heavy atom. The molecule has 0 amide bonds. The average Bonchev–Trinajstić information content (AvgIpc) is 2.12. The maximum Gasteiger partial charge on any atom is 1.00 e. The third-order valence-corrected chi connectivity index (χ3v) is 2.06. The van der Waals surface area contributed by atoms with E-state index in [2.05, 4.69) is 5.32 Å². The van der Waals surface area contributed by atoms with Gasteiger partial charge in [0.15, 0.2) is 0 Å². The minimum atomic E-state index is -1.01. The Labute approximate surface area is 79.9 Å². The van der Waals surface area contributed by atoms with Crippen molar-refractivity contribution in [2.45, 2.75) is 5.37 Å². The Balaban J connectivity index is 0.000000640. The molecule has 1 aliphatic rings. The molecule has 1 unspecified atom stereocenters. The van der Waals surface area contributed by atoms with Crippen LogP contribution in [0.1, 0.15) is 0 Å². The fraction of sp³-hybridized carbons (Fsp3) is 0.750. The van der Waals surface area contributed by atoms with E-state index >= 15 is 0 Å². The molecule has 5 heteroatoms. The van der Waals surface area contributed by atoms with Gasteiger partial charge < -0.3 is 9.90 Å². The molecule has 1 aliphatic heterocycles. The van der Waals surface area contributed by atoms with Crippen LogP contribution in [0.2, 0.25) is 0 Å². The summed E-state index contributed by atoms with van der Waals surface area (Å²) in [6.07, 6.45) is 0. The molecular formula is C4H6NNaO2S. The van der Waals surface area contributed by atoms with Gasteiger partial charge in [-0.3, -0.25) is 5.32 Å². The molecule has 0 radical (unpaired) electrons. The number of hydrogen-bond acceptors (Lipinski definition) is 4. The molecule has 1 heterocycles. The monoisotopic (exact) mass is 155 g/mol. The first-order valence-electron chi connectivity index (χ1n) is 2.36. The Kier molecular flexibility index (Phi) is 4.97. The van der Waals surface area contributed by atoms with Crippen molar-refractivity contribution in [2.75, 3.05) is 12.3 Å². The van der Waals surface area contributed by atoms with Gasteiger partial charge in [-0.2, -0.15) is 0 Å². The van der Waals surface area contributed by atoms with Crippen molar-refractivity contribution in [2.24, 2.45) is 0 Å². The summed E-state index contributed by atoms with van der Waals surface area (Å²) >= 11 is 1.38. The molecule has 1 saturated heterocycles. The molecule has 0 aromatic carbocycles. The molecule has 1 atom stereocenters. The predicted octanol–water partition coefficient (Wildman–Crippen LogP) is -4.60. The Hall–Kier alpha value is 0.780. The fourth-order valence-corrected chi connectivity index (χ4v) is 1.42. The van der Waals surface area contributed by atoms with Gasteiger partial charge in [-0.15, -0.1) is 11.8 Å². The summed E-state index contributed by atoms with van der Waals surface area (Å²) in [7, 11) is 0. The van der Waals surface area contributed by atoms with Crippen LogP contribution in [0.25, 0.3) is 0 Å². The van der Waals surface area contributed by atoms with Crippen molar-refractivity contribution in [3.63, 3.8) is 0 Å². The molecule has 9 heavy (non-hydrogen) atoms. The summed E-state index contributed by atoms with van der Waals surface area (Å²) in [6, 6.07) is 0. The van der Waals surface area contributed by atoms with Crippen LogP contribution >= 0.6 is 11.8 Å². The first-order chi connectivity index (χ1) is 3.80. The number of carboxylic acid groups (broad SMARTS) is 1. The molecule has 1 N–H and O–H groups in total. The fourth-order valence-electron chi connectivity index (χ4n) is 0.577. The normalized spacial score (nSPS) is 25.1. The minimum Gasteiger partial charge on any atom is -0.547 e. The molecule has 1 rings (SSSR count). The van der Waals surface area contributed by atoms with Gasteiger partial charge in [0.2, 0.25) is 0 Å². The first-order valence-corrected chi connectivity index (χ1v) is 3.41. The van der Waals surface area contributed by atoms with Crippen LogP contribution in [0.3, 0.4) is 0 Å². The zero-order valence-corrected chi connectivity index (χ0v) is 8.03. The maximum absolute atomic E-state index is 10.0. The smallest absolute Gasteiger partial charge is 0.547 e. The molecule has 0 saturated carbocycles. The van der Waals surface area contributed by atoms with Crippen LogP contribution in [0.5, 0.6) is 0 Å². The molecule has 0 aromatic rings. The first kappa shape index (κ1) is 9.78. The van der Waals surface area contributed by atoms with Crippen LogP contribution < -0.4 is 40.0 Å². The zero-order chi connectivity index (χ0) is 5.98. The number of nitrogens with one attached hydrogen (secondary N) is 1. The topological polar surface area (TPSA) is 52.2 Å². The van der Waals surface area contributed by atoms with Crippen molar-refractivity contribution in [1.82, 2.24) is 5.32 Å². The quantitative estimate of drug-likeness (QED) is 0.387. The van der Waals surface area contributed by atoms with Crippen molar-refractivity contribution in [3.05, 3.63) is 0 Å². The van der Waals surface area contributed by atoms with Crippen molar-refractivity contribution in [1.29, 1.82) is 0 Å². The van der Waals surface area contributed by atoms with Crippen LogP contribution in [0.4, 0.5) is 0 Å². The maximum atomic E-state index is 10.0. The summed E-state index contributed by atoms with van der Waals surface area (Å²) in [5.74, 6) is -0.133. The summed E-state index contributed by atoms with van der Waals surface area (Å²) in [5.41, 5.74) is 0. The van der Waals surface area contributed by atoms with Gasteiger partial charge in [0.25, 0.3) is 0 Å². The number of aliphatic carboxylic acids is 1. The van der Waals surface area contributed by atoms with Gasteiger partial charge in [-0.05, 0) is 0 Å². The minimum absolute atomic E-state index is 0. The van der Waals surface area contributed by atoms with Crippen LogP contribution in [-0.2, 0) is 4.79 Å². The summed E-state index contributed by atoms with van der Waals surface area (Å²) in [4.78, 5) is 10.0. The van der Waals surface area contributed by atoms with Gasteiger partial charge in [0.1, 0.15) is 0 Å².